The van der Waals surface area contributed by atoms with Crippen LogP contribution in [0, 0.1) is 5.82 Å². The number of benzene rings is 1. The number of nitrogens with one attached hydrogen (secondary N) is 1. The van der Waals surface area contributed by atoms with Crippen molar-refractivity contribution >= 4 is 11.8 Å². The van der Waals surface area contributed by atoms with E-state index in [0.29, 0.717) is 12.1 Å². The zero-order chi connectivity index (χ0) is 15.4. The molecule has 0 bridgehead atoms. The van der Waals surface area contributed by atoms with Crippen molar-refractivity contribution in [2.45, 2.75) is 31.8 Å². The van der Waals surface area contributed by atoms with Crippen LogP contribution in [0.4, 0.5) is 4.39 Å². The highest BCUT2D eigenvalue weighted by molar-refractivity contribution is 5.81. The summed E-state index contributed by atoms with van der Waals surface area (Å²) in [6, 6.07) is 5.21. The van der Waals surface area contributed by atoms with Gasteiger partial charge in [0.05, 0.1) is 0 Å². The topological polar surface area (TPSA) is 75.4 Å². The molecule has 0 aliphatic carbocycles. The van der Waals surface area contributed by atoms with Gasteiger partial charge in [-0.15, -0.1) is 0 Å². The Morgan fingerprint density at radius 2 is 2.05 bits per heavy atom. The first-order valence-corrected chi connectivity index (χ1v) is 7.03. The van der Waals surface area contributed by atoms with E-state index in [2.05, 4.69) is 5.32 Å². The molecule has 21 heavy (non-hydrogen) atoms. The predicted octanol–water partition coefficient (Wildman–Crippen LogP) is 0.953. The lowest BCUT2D eigenvalue weighted by Crippen LogP contribution is -2.50. The van der Waals surface area contributed by atoms with Crippen LogP contribution in [0.5, 0.6) is 0 Å². The summed E-state index contributed by atoms with van der Waals surface area (Å²) in [6.07, 6.45) is 1.75. The summed E-state index contributed by atoms with van der Waals surface area (Å²) in [5.41, 5.74) is 6.20. The second kappa shape index (κ2) is 6.67. The zero-order valence-electron chi connectivity index (χ0n) is 12.0. The van der Waals surface area contributed by atoms with Crippen LogP contribution in [-0.4, -0.2) is 35.8 Å². The van der Waals surface area contributed by atoms with Gasteiger partial charge in [-0.3, -0.25) is 14.5 Å². The van der Waals surface area contributed by atoms with Gasteiger partial charge in [0.1, 0.15) is 11.9 Å². The van der Waals surface area contributed by atoms with Crippen LogP contribution in [0.3, 0.4) is 0 Å². The number of nitrogens with two attached hydrogens (primary N) is 1. The molecule has 1 aromatic carbocycles. The van der Waals surface area contributed by atoms with E-state index >= 15 is 0 Å². The summed E-state index contributed by atoms with van der Waals surface area (Å²) < 4.78 is 13.0. The molecule has 1 fully saturated rings. The van der Waals surface area contributed by atoms with E-state index in [9.17, 15) is 14.0 Å². The second-order valence-corrected chi connectivity index (χ2v) is 5.39. The number of carbonyl (C=O) groups is 2. The minimum Gasteiger partial charge on any atom is -0.368 e. The van der Waals surface area contributed by atoms with Crippen molar-refractivity contribution in [1.82, 2.24) is 10.2 Å². The number of likely N-dealkylation sites (tertiary alicyclic amines) is 1. The quantitative estimate of drug-likeness (QED) is 0.868. The molecule has 0 unspecified atom stereocenters. The molecule has 0 radical (unpaired) electrons. The van der Waals surface area contributed by atoms with Gasteiger partial charge in [-0.1, -0.05) is 12.1 Å². The van der Waals surface area contributed by atoms with Gasteiger partial charge in [0, 0.05) is 19.5 Å². The molecular weight excluding hydrogens is 273 g/mol. The molecule has 1 aromatic rings. The van der Waals surface area contributed by atoms with Crippen LogP contribution in [-0.2, 0) is 9.59 Å². The lowest BCUT2D eigenvalue weighted by molar-refractivity contribution is -0.124. The zero-order valence-corrected chi connectivity index (χ0v) is 12.0. The Kier molecular flexibility index (Phi) is 4.90. The fraction of sp³-hybridized carbons (Fsp3) is 0.467. The number of halogens is 1. The summed E-state index contributed by atoms with van der Waals surface area (Å²) in [5.74, 6) is -0.902. The molecule has 0 aromatic heterocycles. The maximum atomic E-state index is 13.0. The van der Waals surface area contributed by atoms with Gasteiger partial charge in [0.25, 0.3) is 0 Å². The fourth-order valence-electron chi connectivity index (χ4n) is 2.85. The van der Waals surface area contributed by atoms with Crippen LogP contribution in [0.1, 0.15) is 31.4 Å². The number of nitrogens with zero attached hydrogens (tertiary/aromatic N) is 1. The molecule has 3 N–H and O–H groups in total. The number of carbonyl (C=O) groups excluding carboxylic acids is 2. The molecule has 1 heterocycles. The number of hydrogen-bond acceptors (Lipinski definition) is 3. The first kappa shape index (κ1) is 15.4. The van der Waals surface area contributed by atoms with Crippen LogP contribution in [0.25, 0.3) is 0 Å². The van der Waals surface area contributed by atoms with Gasteiger partial charge in [-0.05, 0) is 37.1 Å². The van der Waals surface area contributed by atoms with E-state index in [1.807, 2.05) is 4.90 Å². The minimum absolute atomic E-state index is 0.0125. The standard InChI is InChI=1S/C15H20FN3O2/c1-10(20)18-13-3-2-8-19(9-13)14(15(17)21)11-4-6-12(16)7-5-11/h4-7,13-14H,2-3,8-9H2,1H3,(H2,17,21)(H,18,20)/t13-,14-/m1/s1. The molecule has 114 valence electrons. The van der Waals surface area contributed by atoms with Gasteiger partial charge in [0.2, 0.25) is 11.8 Å². The van der Waals surface area contributed by atoms with Crippen molar-refractivity contribution in [2.75, 3.05) is 13.1 Å². The molecule has 1 aliphatic rings. The second-order valence-electron chi connectivity index (χ2n) is 5.39. The SMILES string of the molecule is CC(=O)N[C@@H]1CCCN([C@@H](C(N)=O)c2ccc(F)cc2)C1. The molecule has 5 nitrogen and oxygen atoms in total. The van der Waals surface area contributed by atoms with E-state index in [1.54, 1.807) is 12.1 Å². The Balaban J connectivity index is 2.16. The number of primary amides is 1. The van der Waals surface area contributed by atoms with E-state index < -0.39 is 11.9 Å². The van der Waals surface area contributed by atoms with Gasteiger partial charge in [0.15, 0.2) is 0 Å². The molecule has 2 amide bonds. The van der Waals surface area contributed by atoms with Gasteiger partial charge in [-0.25, -0.2) is 4.39 Å². The molecule has 0 spiro atoms. The Labute approximate surface area is 123 Å². The van der Waals surface area contributed by atoms with Gasteiger partial charge < -0.3 is 11.1 Å². The summed E-state index contributed by atoms with van der Waals surface area (Å²) in [7, 11) is 0. The lowest BCUT2D eigenvalue weighted by atomic mass is 9.99. The Bertz CT molecular complexity index is 518. The lowest BCUT2D eigenvalue weighted by Gasteiger charge is -2.37. The maximum absolute atomic E-state index is 13.0. The van der Waals surface area contributed by atoms with Gasteiger partial charge in [-0.2, -0.15) is 0 Å². The third-order valence-corrected chi connectivity index (χ3v) is 3.68. The van der Waals surface area contributed by atoms with E-state index in [-0.39, 0.29) is 17.8 Å². The van der Waals surface area contributed by atoms with Crippen molar-refractivity contribution in [3.05, 3.63) is 35.6 Å². The first-order chi connectivity index (χ1) is 9.97. The number of hydrogen-bond donors (Lipinski definition) is 2. The van der Waals surface area contributed by atoms with Crippen LogP contribution < -0.4 is 11.1 Å². The molecule has 2 atom stereocenters. The van der Waals surface area contributed by atoms with Gasteiger partial charge >= 0.3 is 0 Å². The normalized spacial score (nSPS) is 20.8. The monoisotopic (exact) mass is 293 g/mol. The van der Waals surface area contributed by atoms with Crippen molar-refractivity contribution in [2.24, 2.45) is 5.73 Å². The molecular formula is C15H20FN3O2. The van der Waals surface area contributed by atoms with E-state index in [0.717, 1.165) is 19.4 Å². The fourth-order valence-corrected chi connectivity index (χ4v) is 2.85. The molecule has 6 heteroatoms. The van der Waals surface area contributed by atoms with E-state index in [4.69, 9.17) is 5.73 Å². The third kappa shape index (κ3) is 4.01. The van der Waals surface area contributed by atoms with Crippen molar-refractivity contribution < 1.29 is 14.0 Å². The highest BCUT2D eigenvalue weighted by atomic mass is 19.1. The maximum Gasteiger partial charge on any atom is 0.239 e. The summed E-state index contributed by atoms with van der Waals surface area (Å²) >= 11 is 0. The van der Waals surface area contributed by atoms with Crippen LogP contribution >= 0.6 is 0 Å². The highest BCUT2D eigenvalue weighted by Gasteiger charge is 2.30. The first-order valence-electron chi connectivity index (χ1n) is 7.03. The van der Waals surface area contributed by atoms with Crippen LogP contribution in [0.2, 0.25) is 0 Å². The average molecular weight is 293 g/mol. The summed E-state index contributed by atoms with van der Waals surface area (Å²) in [4.78, 5) is 24.9. The smallest absolute Gasteiger partial charge is 0.239 e. The Morgan fingerprint density at radius 1 is 1.38 bits per heavy atom. The molecule has 1 aliphatic heterocycles. The highest BCUT2D eigenvalue weighted by Crippen LogP contribution is 2.24. The largest absolute Gasteiger partial charge is 0.368 e. The average Bonchev–Trinajstić information content (AvgIpc) is 2.40. The van der Waals surface area contributed by atoms with Crippen LogP contribution in [0.15, 0.2) is 24.3 Å². The number of piperidine rings is 1. The van der Waals surface area contributed by atoms with Crippen molar-refractivity contribution in [3.63, 3.8) is 0 Å². The number of rotatable bonds is 4. The Morgan fingerprint density at radius 3 is 2.62 bits per heavy atom. The molecule has 2 rings (SSSR count). The van der Waals surface area contributed by atoms with Crippen molar-refractivity contribution in [3.8, 4) is 0 Å². The summed E-state index contributed by atoms with van der Waals surface area (Å²) in [5, 5.41) is 2.87. The molecule has 1 saturated heterocycles. The Hall–Kier alpha value is -1.95. The van der Waals surface area contributed by atoms with E-state index in [1.165, 1.54) is 19.1 Å². The number of amides is 2. The minimum atomic E-state index is -0.595. The van der Waals surface area contributed by atoms with Crippen molar-refractivity contribution in [1.29, 1.82) is 0 Å². The summed E-state index contributed by atoms with van der Waals surface area (Å²) in [6.45, 7) is 2.76. The third-order valence-electron chi connectivity index (χ3n) is 3.68. The molecule has 0 saturated carbocycles. The predicted molar refractivity (Wildman–Crippen MR) is 76.7 cm³/mol.